The van der Waals surface area contributed by atoms with Crippen molar-refractivity contribution >= 4 is 16.8 Å². The molecule has 1 heterocycles. The van der Waals surface area contributed by atoms with Crippen molar-refractivity contribution in [2.75, 3.05) is 27.9 Å². The van der Waals surface area contributed by atoms with Gasteiger partial charge in [0.15, 0.2) is 11.5 Å². The summed E-state index contributed by atoms with van der Waals surface area (Å²) in [5.41, 5.74) is 1.92. The lowest BCUT2D eigenvalue weighted by molar-refractivity contribution is 0.0954. The van der Waals surface area contributed by atoms with E-state index < -0.39 is 0 Å². The van der Waals surface area contributed by atoms with E-state index in [0.29, 0.717) is 28.5 Å². The number of carbonyl (C=O) groups excluding carboxylic acids is 1. The molecule has 3 aromatic rings. The minimum Gasteiger partial charge on any atom is -0.496 e. The average molecular weight is 364 g/mol. The molecular formula is C21H20N2O4. The smallest absolute Gasteiger partial charge is 0.268 e. The van der Waals surface area contributed by atoms with Crippen molar-refractivity contribution in [3.05, 3.63) is 53.7 Å². The minimum atomic E-state index is -0.267. The van der Waals surface area contributed by atoms with E-state index in [0.717, 1.165) is 10.9 Å². The highest BCUT2D eigenvalue weighted by atomic mass is 16.5. The minimum absolute atomic E-state index is 0.237. The van der Waals surface area contributed by atoms with Crippen LogP contribution in [0.5, 0.6) is 17.2 Å². The van der Waals surface area contributed by atoms with E-state index in [1.54, 1.807) is 33.5 Å². The summed E-state index contributed by atoms with van der Waals surface area (Å²) in [7, 11) is 4.65. The summed E-state index contributed by atoms with van der Waals surface area (Å²) in [6.07, 6.45) is 0. The summed E-state index contributed by atoms with van der Waals surface area (Å²) in [6.45, 7) is 0.237. The van der Waals surface area contributed by atoms with Gasteiger partial charge in [0.05, 0.1) is 33.4 Å². The molecular weight excluding hydrogens is 344 g/mol. The highest BCUT2D eigenvalue weighted by Crippen LogP contribution is 2.41. The lowest BCUT2D eigenvalue weighted by Crippen LogP contribution is -2.23. The van der Waals surface area contributed by atoms with E-state index in [1.165, 1.54) is 0 Å². The number of aromatic nitrogens is 1. The molecule has 2 aromatic carbocycles. The summed E-state index contributed by atoms with van der Waals surface area (Å²) in [5.74, 6) is 7.28. The summed E-state index contributed by atoms with van der Waals surface area (Å²) in [5, 5.41) is 3.51. The average Bonchev–Trinajstić information content (AvgIpc) is 3.16. The Hall–Kier alpha value is -3.59. The van der Waals surface area contributed by atoms with Crippen molar-refractivity contribution in [2.24, 2.45) is 0 Å². The largest absolute Gasteiger partial charge is 0.496 e. The lowest BCUT2D eigenvalue weighted by Gasteiger charge is -2.11. The number of fused-ring (bicyclic) bond motifs is 1. The first kappa shape index (κ1) is 18.2. The van der Waals surface area contributed by atoms with E-state index >= 15 is 0 Å². The third-order valence-electron chi connectivity index (χ3n) is 4.03. The Morgan fingerprint density at radius 2 is 1.78 bits per heavy atom. The van der Waals surface area contributed by atoms with Crippen molar-refractivity contribution in [1.29, 1.82) is 0 Å². The number of rotatable bonds is 5. The Morgan fingerprint density at radius 1 is 1.04 bits per heavy atom. The normalized spacial score (nSPS) is 10.0. The van der Waals surface area contributed by atoms with Gasteiger partial charge in [-0.2, -0.15) is 0 Å². The number of methoxy groups -OCH3 is 3. The molecule has 138 valence electrons. The van der Waals surface area contributed by atoms with Crippen molar-refractivity contribution in [1.82, 2.24) is 10.3 Å². The molecule has 6 heteroatoms. The van der Waals surface area contributed by atoms with Crippen molar-refractivity contribution in [3.8, 4) is 29.1 Å². The van der Waals surface area contributed by atoms with Crippen LogP contribution in [-0.2, 0) is 0 Å². The fourth-order valence-electron chi connectivity index (χ4n) is 2.75. The van der Waals surface area contributed by atoms with Crippen LogP contribution in [0.2, 0.25) is 0 Å². The summed E-state index contributed by atoms with van der Waals surface area (Å²) >= 11 is 0. The molecule has 0 fully saturated rings. The van der Waals surface area contributed by atoms with Gasteiger partial charge in [-0.25, -0.2) is 0 Å². The summed E-state index contributed by atoms with van der Waals surface area (Å²) in [6, 6.07) is 13.0. The second-order valence-corrected chi connectivity index (χ2v) is 5.64. The van der Waals surface area contributed by atoms with Crippen LogP contribution < -0.4 is 19.5 Å². The standard InChI is InChI=1S/C21H20N2O4/c1-25-17-13-18(26-2)20(27-3)19-15(17)12-16(23-19)21(24)22-11-7-10-14-8-5-4-6-9-14/h4-6,8-9,12-13,23H,11H2,1-3H3,(H,22,24). The third-order valence-corrected chi connectivity index (χ3v) is 4.03. The van der Waals surface area contributed by atoms with E-state index in [9.17, 15) is 4.79 Å². The highest BCUT2D eigenvalue weighted by molar-refractivity contribution is 6.02. The first-order valence-electron chi connectivity index (χ1n) is 8.31. The van der Waals surface area contributed by atoms with Crippen molar-refractivity contribution in [2.45, 2.75) is 0 Å². The number of carbonyl (C=O) groups is 1. The number of amides is 1. The number of benzene rings is 2. The van der Waals surface area contributed by atoms with Gasteiger partial charge >= 0.3 is 0 Å². The molecule has 0 atom stereocenters. The van der Waals surface area contributed by atoms with Crippen molar-refractivity contribution < 1.29 is 19.0 Å². The SMILES string of the molecule is COc1cc(OC)c2cc(C(=O)NCC#Cc3ccccc3)[nH]c2c1OC. The van der Waals surface area contributed by atoms with Gasteiger partial charge in [-0.1, -0.05) is 30.0 Å². The van der Waals surface area contributed by atoms with Crippen LogP contribution in [0.3, 0.4) is 0 Å². The number of nitrogens with one attached hydrogen (secondary N) is 2. The molecule has 27 heavy (non-hydrogen) atoms. The zero-order valence-corrected chi connectivity index (χ0v) is 15.4. The summed E-state index contributed by atoms with van der Waals surface area (Å²) < 4.78 is 16.2. The number of ether oxygens (including phenoxy) is 3. The third kappa shape index (κ3) is 3.82. The molecule has 0 radical (unpaired) electrons. The maximum Gasteiger partial charge on any atom is 0.268 e. The van der Waals surface area contributed by atoms with Gasteiger partial charge in [-0.15, -0.1) is 0 Å². The van der Waals surface area contributed by atoms with E-state index in [1.807, 2.05) is 30.3 Å². The van der Waals surface area contributed by atoms with Gasteiger partial charge in [0.1, 0.15) is 11.4 Å². The molecule has 1 aromatic heterocycles. The zero-order valence-electron chi connectivity index (χ0n) is 15.4. The quantitative estimate of drug-likeness (QED) is 0.683. The van der Waals surface area contributed by atoms with Gasteiger partial charge in [0.25, 0.3) is 5.91 Å². The Bertz CT molecular complexity index is 1010. The molecule has 0 aliphatic rings. The molecule has 0 bridgehead atoms. The first-order valence-corrected chi connectivity index (χ1v) is 8.31. The van der Waals surface area contributed by atoms with Crippen LogP contribution in [0, 0.1) is 11.8 Å². The number of hydrogen-bond acceptors (Lipinski definition) is 4. The van der Waals surface area contributed by atoms with Gasteiger partial charge in [0, 0.05) is 17.0 Å². The van der Waals surface area contributed by atoms with Gasteiger partial charge in [-0.05, 0) is 18.2 Å². The first-order chi connectivity index (χ1) is 13.2. The lowest BCUT2D eigenvalue weighted by atomic mass is 10.2. The van der Waals surface area contributed by atoms with Gasteiger partial charge < -0.3 is 24.5 Å². The molecule has 0 unspecified atom stereocenters. The molecule has 0 spiro atoms. The van der Waals surface area contributed by atoms with Crippen LogP contribution in [0.1, 0.15) is 16.1 Å². The van der Waals surface area contributed by atoms with Crippen LogP contribution in [0.15, 0.2) is 42.5 Å². The molecule has 0 aliphatic carbocycles. The van der Waals surface area contributed by atoms with E-state index in [2.05, 4.69) is 22.1 Å². The Kier molecular flexibility index (Phi) is 5.53. The van der Waals surface area contributed by atoms with E-state index in [-0.39, 0.29) is 12.5 Å². The maximum absolute atomic E-state index is 12.5. The molecule has 0 saturated heterocycles. The summed E-state index contributed by atoms with van der Waals surface area (Å²) in [4.78, 5) is 15.5. The van der Waals surface area contributed by atoms with E-state index in [4.69, 9.17) is 14.2 Å². The van der Waals surface area contributed by atoms with Crippen LogP contribution >= 0.6 is 0 Å². The van der Waals surface area contributed by atoms with Gasteiger partial charge in [-0.3, -0.25) is 4.79 Å². The van der Waals surface area contributed by atoms with Crippen LogP contribution in [0.4, 0.5) is 0 Å². The zero-order chi connectivity index (χ0) is 19.2. The Morgan fingerprint density at radius 3 is 2.44 bits per heavy atom. The second-order valence-electron chi connectivity index (χ2n) is 5.64. The number of H-pyrrole nitrogens is 1. The highest BCUT2D eigenvalue weighted by Gasteiger charge is 2.19. The van der Waals surface area contributed by atoms with Crippen LogP contribution in [0.25, 0.3) is 10.9 Å². The second kappa shape index (κ2) is 8.19. The molecule has 2 N–H and O–H groups in total. The molecule has 0 saturated carbocycles. The molecule has 1 amide bonds. The number of hydrogen-bond donors (Lipinski definition) is 2. The number of aromatic amines is 1. The molecule has 6 nitrogen and oxygen atoms in total. The molecule has 3 rings (SSSR count). The maximum atomic E-state index is 12.5. The topological polar surface area (TPSA) is 72.6 Å². The fourth-order valence-corrected chi connectivity index (χ4v) is 2.75. The Labute approximate surface area is 157 Å². The fraction of sp³-hybridized carbons (Fsp3) is 0.190. The molecule has 0 aliphatic heterocycles. The monoisotopic (exact) mass is 364 g/mol. The predicted molar refractivity (Wildman–Crippen MR) is 104 cm³/mol. The van der Waals surface area contributed by atoms with Gasteiger partial charge in [0.2, 0.25) is 0 Å². The predicted octanol–water partition coefficient (Wildman–Crippen LogP) is 2.98. The Balaban J connectivity index is 1.82. The van der Waals surface area contributed by atoms with Crippen LogP contribution in [-0.4, -0.2) is 38.8 Å². The van der Waals surface area contributed by atoms with Crippen molar-refractivity contribution in [3.63, 3.8) is 0 Å².